The SMILES string of the molecule is COc1nc(Nc2ccc(Cl)cc2C(F)(F)F)ccc1N. The van der Waals surface area contributed by atoms with Crippen LogP contribution in [-0.2, 0) is 6.18 Å². The Labute approximate surface area is 123 Å². The van der Waals surface area contributed by atoms with Crippen LogP contribution in [0, 0.1) is 0 Å². The maximum atomic E-state index is 13.0. The molecule has 112 valence electrons. The summed E-state index contributed by atoms with van der Waals surface area (Å²) in [6.07, 6.45) is -4.54. The van der Waals surface area contributed by atoms with Crippen LogP contribution < -0.4 is 15.8 Å². The highest BCUT2D eigenvalue weighted by Gasteiger charge is 2.34. The first-order valence-electron chi connectivity index (χ1n) is 5.75. The van der Waals surface area contributed by atoms with Gasteiger partial charge in [0.15, 0.2) is 0 Å². The summed E-state index contributed by atoms with van der Waals surface area (Å²) in [5, 5.41) is 2.58. The molecule has 1 heterocycles. The third-order valence-electron chi connectivity index (χ3n) is 2.63. The van der Waals surface area contributed by atoms with E-state index in [-0.39, 0.29) is 28.1 Å². The minimum Gasteiger partial charge on any atom is -0.479 e. The van der Waals surface area contributed by atoms with E-state index < -0.39 is 11.7 Å². The molecule has 0 aliphatic carbocycles. The zero-order chi connectivity index (χ0) is 15.6. The van der Waals surface area contributed by atoms with Crippen molar-refractivity contribution < 1.29 is 17.9 Å². The van der Waals surface area contributed by atoms with Gasteiger partial charge >= 0.3 is 6.18 Å². The molecular weight excluding hydrogens is 307 g/mol. The van der Waals surface area contributed by atoms with Gasteiger partial charge in [-0.25, -0.2) is 0 Å². The normalized spacial score (nSPS) is 11.3. The quantitative estimate of drug-likeness (QED) is 0.895. The number of nitrogens with two attached hydrogens (primary N) is 1. The Kier molecular flexibility index (Phi) is 4.13. The first-order chi connectivity index (χ1) is 9.81. The van der Waals surface area contributed by atoms with Crippen molar-refractivity contribution in [1.82, 2.24) is 4.98 Å². The van der Waals surface area contributed by atoms with E-state index in [1.165, 1.54) is 31.4 Å². The number of pyridine rings is 1. The lowest BCUT2D eigenvalue weighted by atomic mass is 10.1. The van der Waals surface area contributed by atoms with Gasteiger partial charge in [-0.1, -0.05) is 11.6 Å². The van der Waals surface area contributed by atoms with E-state index in [1.54, 1.807) is 0 Å². The molecule has 4 nitrogen and oxygen atoms in total. The number of aromatic nitrogens is 1. The smallest absolute Gasteiger partial charge is 0.418 e. The summed E-state index contributed by atoms with van der Waals surface area (Å²) >= 11 is 5.61. The van der Waals surface area contributed by atoms with Gasteiger partial charge in [0.2, 0.25) is 5.88 Å². The molecule has 2 rings (SSSR count). The fraction of sp³-hybridized carbons (Fsp3) is 0.154. The molecule has 0 radical (unpaired) electrons. The topological polar surface area (TPSA) is 60.2 Å². The van der Waals surface area contributed by atoms with Gasteiger partial charge in [-0.15, -0.1) is 0 Å². The van der Waals surface area contributed by atoms with Gasteiger partial charge in [0.05, 0.1) is 24.0 Å². The van der Waals surface area contributed by atoms with Crippen molar-refractivity contribution in [2.75, 3.05) is 18.2 Å². The number of hydrogen-bond donors (Lipinski definition) is 2. The van der Waals surface area contributed by atoms with Crippen molar-refractivity contribution in [2.24, 2.45) is 0 Å². The van der Waals surface area contributed by atoms with E-state index in [0.29, 0.717) is 0 Å². The Hall–Kier alpha value is -2.15. The molecule has 0 bridgehead atoms. The van der Waals surface area contributed by atoms with E-state index in [2.05, 4.69) is 10.3 Å². The molecule has 0 spiro atoms. The van der Waals surface area contributed by atoms with Crippen molar-refractivity contribution in [3.05, 3.63) is 40.9 Å². The number of nitrogens with zero attached hydrogens (tertiary/aromatic N) is 1. The van der Waals surface area contributed by atoms with Crippen molar-refractivity contribution in [3.63, 3.8) is 0 Å². The number of anilines is 3. The zero-order valence-corrected chi connectivity index (χ0v) is 11.6. The molecule has 1 aromatic carbocycles. The Morgan fingerprint density at radius 2 is 1.95 bits per heavy atom. The molecule has 0 aliphatic rings. The summed E-state index contributed by atoms with van der Waals surface area (Å²) in [5.74, 6) is 0.302. The Morgan fingerprint density at radius 1 is 1.24 bits per heavy atom. The van der Waals surface area contributed by atoms with E-state index in [9.17, 15) is 13.2 Å². The van der Waals surface area contributed by atoms with Gasteiger partial charge < -0.3 is 15.8 Å². The van der Waals surface area contributed by atoms with Crippen LogP contribution in [0.2, 0.25) is 5.02 Å². The number of benzene rings is 1. The van der Waals surface area contributed by atoms with Crippen LogP contribution in [0.15, 0.2) is 30.3 Å². The van der Waals surface area contributed by atoms with Crippen LogP contribution in [0.5, 0.6) is 5.88 Å². The van der Waals surface area contributed by atoms with Gasteiger partial charge in [0, 0.05) is 5.02 Å². The van der Waals surface area contributed by atoms with Crippen LogP contribution in [-0.4, -0.2) is 12.1 Å². The predicted octanol–water partition coefficient (Wildman–Crippen LogP) is 4.09. The molecule has 0 fully saturated rings. The second kappa shape index (κ2) is 5.69. The second-order valence-electron chi connectivity index (χ2n) is 4.11. The van der Waals surface area contributed by atoms with Crippen molar-refractivity contribution in [3.8, 4) is 5.88 Å². The van der Waals surface area contributed by atoms with E-state index in [1.807, 2.05) is 0 Å². The average molecular weight is 318 g/mol. The molecule has 21 heavy (non-hydrogen) atoms. The predicted molar refractivity (Wildman–Crippen MR) is 74.9 cm³/mol. The number of ether oxygens (including phenoxy) is 1. The number of methoxy groups -OCH3 is 1. The van der Waals surface area contributed by atoms with Gasteiger partial charge in [-0.3, -0.25) is 0 Å². The first kappa shape index (κ1) is 15.2. The molecule has 0 saturated carbocycles. The Balaban J connectivity index is 2.40. The van der Waals surface area contributed by atoms with Crippen LogP contribution in [0.25, 0.3) is 0 Å². The number of nitrogens with one attached hydrogen (secondary N) is 1. The highest BCUT2D eigenvalue weighted by molar-refractivity contribution is 6.30. The molecule has 0 aliphatic heterocycles. The van der Waals surface area contributed by atoms with Gasteiger partial charge in [-0.05, 0) is 30.3 Å². The summed E-state index contributed by atoms with van der Waals surface area (Å²) in [5.41, 5.74) is 4.84. The van der Waals surface area contributed by atoms with Crippen molar-refractivity contribution in [2.45, 2.75) is 6.18 Å². The Morgan fingerprint density at radius 3 is 2.57 bits per heavy atom. The number of alkyl halides is 3. The largest absolute Gasteiger partial charge is 0.479 e. The Bertz CT molecular complexity index is 662. The highest BCUT2D eigenvalue weighted by atomic mass is 35.5. The molecule has 2 aromatic rings. The molecule has 1 aromatic heterocycles. The van der Waals surface area contributed by atoms with Gasteiger partial charge in [0.1, 0.15) is 5.82 Å². The zero-order valence-electron chi connectivity index (χ0n) is 10.8. The van der Waals surface area contributed by atoms with E-state index in [0.717, 1.165) is 6.07 Å². The van der Waals surface area contributed by atoms with E-state index in [4.69, 9.17) is 22.1 Å². The fourth-order valence-corrected chi connectivity index (χ4v) is 1.85. The highest BCUT2D eigenvalue weighted by Crippen LogP contribution is 2.37. The van der Waals surface area contributed by atoms with Crippen LogP contribution in [0.1, 0.15) is 5.56 Å². The third kappa shape index (κ3) is 3.49. The van der Waals surface area contributed by atoms with Crippen LogP contribution >= 0.6 is 11.6 Å². The fourth-order valence-electron chi connectivity index (χ4n) is 1.68. The molecule has 0 unspecified atom stereocenters. The summed E-state index contributed by atoms with van der Waals surface area (Å²) in [6, 6.07) is 6.37. The second-order valence-corrected chi connectivity index (χ2v) is 4.54. The maximum Gasteiger partial charge on any atom is 0.418 e. The number of halogens is 4. The number of nitrogen functional groups attached to an aromatic ring is 1. The maximum absolute atomic E-state index is 13.0. The van der Waals surface area contributed by atoms with E-state index >= 15 is 0 Å². The lowest BCUT2D eigenvalue weighted by molar-refractivity contribution is -0.136. The molecular formula is C13H11ClF3N3O. The first-order valence-corrected chi connectivity index (χ1v) is 6.13. The molecule has 0 amide bonds. The molecule has 8 heteroatoms. The lowest BCUT2D eigenvalue weighted by Gasteiger charge is -2.15. The standard InChI is InChI=1S/C13H11ClF3N3O/c1-21-12-9(18)3-5-11(20-12)19-10-4-2-7(14)6-8(10)13(15,16)17/h2-6H,18H2,1H3,(H,19,20). The minimum atomic E-state index is -4.54. The van der Waals surface area contributed by atoms with Gasteiger partial charge in [-0.2, -0.15) is 18.2 Å². The monoisotopic (exact) mass is 317 g/mol. The number of hydrogen-bond acceptors (Lipinski definition) is 4. The lowest BCUT2D eigenvalue weighted by Crippen LogP contribution is -2.09. The third-order valence-corrected chi connectivity index (χ3v) is 2.87. The summed E-state index contributed by atoms with van der Waals surface area (Å²) in [7, 11) is 1.37. The van der Waals surface area contributed by atoms with Crippen LogP contribution in [0.4, 0.5) is 30.4 Å². The average Bonchev–Trinajstić information content (AvgIpc) is 2.41. The summed E-state index contributed by atoms with van der Waals surface area (Å²) in [4.78, 5) is 3.97. The molecule has 0 atom stereocenters. The van der Waals surface area contributed by atoms with Crippen LogP contribution in [0.3, 0.4) is 0 Å². The van der Waals surface area contributed by atoms with Crippen molar-refractivity contribution in [1.29, 1.82) is 0 Å². The molecule has 0 saturated heterocycles. The summed E-state index contributed by atoms with van der Waals surface area (Å²) < 4.78 is 43.9. The summed E-state index contributed by atoms with van der Waals surface area (Å²) in [6.45, 7) is 0. The van der Waals surface area contributed by atoms with Crippen molar-refractivity contribution >= 4 is 28.8 Å². The van der Waals surface area contributed by atoms with Gasteiger partial charge in [0.25, 0.3) is 0 Å². The number of rotatable bonds is 3. The molecule has 3 N–H and O–H groups in total. The minimum absolute atomic E-state index is 0.00396.